The van der Waals surface area contributed by atoms with Crippen LogP contribution in [0.3, 0.4) is 0 Å². The molecule has 15 heteroatoms. The van der Waals surface area contributed by atoms with Gasteiger partial charge in [-0.2, -0.15) is 0 Å². The number of esters is 3. The fourth-order valence-corrected chi connectivity index (χ4v) is 15.6. The number of Topliss-reactive ketones (excluding diaryl/α,β-unsaturated/α-hetero) is 1. The number of allylic oxidation sites excluding steroid dienone is 1. The minimum atomic E-state index is -1.18. The molecule has 1 aromatic heterocycles. The van der Waals surface area contributed by atoms with Crippen molar-refractivity contribution in [1.82, 2.24) is 9.88 Å². The van der Waals surface area contributed by atoms with Crippen LogP contribution in [0.4, 0.5) is 0 Å². The number of nitrogens with zero attached hydrogens (tertiary/aromatic N) is 2. The molecule has 5 atom stereocenters. The topological polar surface area (TPSA) is 219 Å². The van der Waals surface area contributed by atoms with Gasteiger partial charge in [-0.05, 0) is 147 Å². The number of hydrogen-bond donors (Lipinski definition) is 3. The maximum absolute atomic E-state index is 16.0. The summed E-state index contributed by atoms with van der Waals surface area (Å²) < 4.78 is 19.6. The zero-order chi connectivity index (χ0) is 69.4. The summed E-state index contributed by atoms with van der Waals surface area (Å²) in [6.07, 6.45) is 8.01. The van der Waals surface area contributed by atoms with Crippen molar-refractivity contribution in [3.63, 3.8) is 0 Å². The maximum atomic E-state index is 16.0. The summed E-state index contributed by atoms with van der Waals surface area (Å²) in [5.41, 5.74) is 0.653. The van der Waals surface area contributed by atoms with Gasteiger partial charge in [-0.3, -0.25) is 24.1 Å². The molecule has 0 bridgehead atoms. The average molecular weight is 1270 g/mol. The summed E-state index contributed by atoms with van der Waals surface area (Å²) in [7, 11) is 1.66. The quantitative estimate of drug-likeness (QED) is 0.0309. The molecule has 0 saturated heterocycles. The van der Waals surface area contributed by atoms with E-state index in [-0.39, 0.29) is 99.7 Å². The Balaban J connectivity index is 2.12. The number of carboxylic acids is 2. The summed E-state index contributed by atoms with van der Waals surface area (Å²) in [4.78, 5) is 110. The number of aliphatic carboxylic acids is 2. The third-order valence-electron chi connectivity index (χ3n) is 21.5. The number of rotatable bonds is 28. The van der Waals surface area contributed by atoms with Crippen molar-refractivity contribution in [2.75, 3.05) is 13.7 Å². The largest absolute Gasteiger partial charge is 0.481 e. The molecule has 0 aromatic carbocycles. The minimum absolute atomic E-state index is 0.00662. The van der Waals surface area contributed by atoms with E-state index < -0.39 is 65.2 Å². The van der Waals surface area contributed by atoms with Crippen molar-refractivity contribution in [2.45, 2.75) is 280 Å². The maximum Gasteiger partial charge on any atom is 0.342 e. The first kappa shape index (κ1) is 78.1. The van der Waals surface area contributed by atoms with Gasteiger partial charge in [0.25, 0.3) is 0 Å². The molecule has 1 aromatic rings. The monoisotopic (exact) mass is 1270 g/mol. The number of likely N-dealkylation sites (N-methyl/N-ethyl adjacent to an activating group) is 1. The minimum Gasteiger partial charge on any atom is -0.481 e. The van der Waals surface area contributed by atoms with Crippen LogP contribution < -0.4 is 0 Å². The van der Waals surface area contributed by atoms with E-state index in [1.54, 1.807) is 14.0 Å². The lowest BCUT2D eigenvalue weighted by Gasteiger charge is -2.50. The Labute approximate surface area is 549 Å². The van der Waals surface area contributed by atoms with E-state index in [9.17, 15) is 24.6 Å². The van der Waals surface area contributed by atoms with E-state index in [2.05, 4.69) is 108 Å². The number of unbranched alkanes of at least 4 members (excludes halogenated alkanes) is 1. The zero-order valence-electron chi connectivity index (χ0n) is 61.0. The first-order valence-corrected chi connectivity index (χ1v) is 34.7. The van der Waals surface area contributed by atoms with E-state index >= 15 is 19.2 Å². The molecule has 3 aliphatic rings. The number of amidine groups is 1. The number of ether oxygens (including phenoxy) is 3. The molecule has 3 N–H and O–H groups in total. The van der Waals surface area contributed by atoms with Crippen molar-refractivity contribution in [3.05, 3.63) is 51.5 Å². The number of hydrogen-bond acceptors (Lipinski definition) is 11. The number of ketones is 1. The number of H-pyrrole nitrogens is 1. The third-order valence-corrected chi connectivity index (χ3v) is 21.5. The van der Waals surface area contributed by atoms with E-state index in [0.29, 0.717) is 109 Å². The van der Waals surface area contributed by atoms with Gasteiger partial charge in [-0.1, -0.05) is 172 Å². The molecule has 2 heterocycles. The number of nitrogens with one attached hydrogen (secondary N) is 1. The fraction of sp³-hybridized carbons (Fsp3) is 0.763. The Morgan fingerprint density at radius 2 is 1.12 bits per heavy atom. The van der Waals surface area contributed by atoms with Crippen LogP contribution >= 0.6 is 0 Å². The highest BCUT2D eigenvalue weighted by Crippen LogP contribution is 2.53. The van der Waals surface area contributed by atoms with Crippen molar-refractivity contribution in [1.29, 1.82) is 0 Å². The highest BCUT2D eigenvalue weighted by Gasteiger charge is 2.52. The highest BCUT2D eigenvalue weighted by molar-refractivity contribution is 6.26. The van der Waals surface area contributed by atoms with Crippen LogP contribution in [0.25, 0.3) is 6.08 Å². The number of carbonyl (C=O) groups excluding carboxylic acids is 5. The summed E-state index contributed by atoms with van der Waals surface area (Å²) in [6, 6.07) is 0. The van der Waals surface area contributed by atoms with Gasteiger partial charge in [0, 0.05) is 64.9 Å². The smallest absolute Gasteiger partial charge is 0.342 e. The molecular formula is C76H123N3O12. The Morgan fingerprint density at radius 3 is 1.52 bits per heavy atom. The number of amides is 1. The normalized spacial score (nSPS) is 22.9. The summed E-state index contributed by atoms with van der Waals surface area (Å²) in [5, 5.41) is 19.3. The lowest BCUT2D eigenvalue weighted by atomic mass is 9.59. The summed E-state index contributed by atoms with van der Waals surface area (Å²) >= 11 is 0. The molecule has 4 rings (SSSR count). The number of aromatic nitrogens is 1. The van der Waals surface area contributed by atoms with Crippen LogP contribution in [-0.2, 0) is 49.4 Å². The van der Waals surface area contributed by atoms with Crippen LogP contribution in [0, 0.1) is 79.8 Å². The number of aliphatic imine (C=N–C) groups is 1. The Bertz CT molecular complexity index is 2810. The lowest BCUT2D eigenvalue weighted by molar-refractivity contribution is -0.164. The van der Waals surface area contributed by atoms with Crippen molar-refractivity contribution < 1.29 is 58.0 Å². The van der Waals surface area contributed by atoms with Crippen molar-refractivity contribution in [3.8, 4) is 0 Å². The second-order valence-electron chi connectivity index (χ2n) is 33.0. The third kappa shape index (κ3) is 19.0. The van der Waals surface area contributed by atoms with E-state index in [1.165, 1.54) is 4.90 Å². The van der Waals surface area contributed by atoms with Gasteiger partial charge >= 0.3 is 29.8 Å². The van der Waals surface area contributed by atoms with Crippen LogP contribution in [-0.4, -0.2) is 93.3 Å². The summed E-state index contributed by atoms with van der Waals surface area (Å²) in [5.74, 6) is -4.96. The van der Waals surface area contributed by atoms with E-state index in [0.717, 1.165) is 25.7 Å². The molecule has 2 aliphatic carbocycles. The number of carboxylic acid groups (broad SMARTS) is 2. The first-order chi connectivity index (χ1) is 41.9. The van der Waals surface area contributed by atoms with Crippen LogP contribution in [0.15, 0.2) is 34.0 Å². The predicted octanol–water partition coefficient (Wildman–Crippen LogP) is 17.6. The Hall–Kier alpha value is -5.34. The average Bonchev–Trinajstić information content (AvgIpc) is 1.72. The van der Waals surface area contributed by atoms with Gasteiger partial charge < -0.3 is 29.4 Å². The molecule has 91 heavy (non-hydrogen) atoms. The van der Waals surface area contributed by atoms with Crippen LogP contribution in [0.1, 0.15) is 289 Å². The molecule has 2 saturated carbocycles. The van der Waals surface area contributed by atoms with E-state index in [4.69, 9.17) is 19.2 Å². The lowest BCUT2D eigenvalue weighted by Crippen LogP contribution is -2.50. The first-order valence-electron chi connectivity index (χ1n) is 34.7. The Kier molecular flexibility index (Phi) is 26.8. The highest BCUT2D eigenvalue weighted by atomic mass is 16.6. The van der Waals surface area contributed by atoms with E-state index in [1.807, 2.05) is 61.5 Å². The van der Waals surface area contributed by atoms with Crippen LogP contribution in [0.5, 0.6) is 0 Å². The molecule has 0 radical (unpaired) electrons. The molecule has 0 spiro atoms. The standard InChI is InChI=1S/C76H123N3O12/c1-26-75(27-2,35-32-36-89-67(85)46(9)10)57(80)43-56-61(68(86)90-63-50(71(13,14)15)37-47(11)38-51(63)72(16,17)18)59(44(5)6)54(77-56)42-55-60(45(7)8)62(69(87)91-64-52(73(19,20)21)39-48(12)40-53(64)74(22,23)24)65(78-55)79(25)70(88)76(28-3,29-4)34-31-30-33-49(66(83)84)41-58(81)82/h42,44-45,47-53,63-64,77H,9,26-41,43H2,1-8,10-25H3,(H,81,82)(H,83,84)/b55-42-. The molecule has 2 fully saturated rings. The van der Waals surface area contributed by atoms with Gasteiger partial charge in [0.05, 0.1) is 30.2 Å². The molecule has 1 aliphatic heterocycles. The fourth-order valence-electron chi connectivity index (χ4n) is 15.6. The molecule has 514 valence electrons. The predicted molar refractivity (Wildman–Crippen MR) is 364 cm³/mol. The molecule has 1 amide bonds. The van der Waals surface area contributed by atoms with Gasteiger partial charge in [0.1, 0.15) is 23.6 Å². The number of aromatic amines is 1. The molecular weight excluding hydrogens is 1150 g/mol. The van der Waals surface area contributed by atoms with Crippen molar-refractivity contribution >= 4 is 53.4 Å². The molecule has 15 nitrogen and oxygen atoms in total. The van der Waals surface area contributed by atoms with Gasteiger partial charge in [-0.25, -0.2) is 19.4 Å². The van der Waals surface area contributed by atoms with Crippen LogP contribution in [0.2, 0.25) is 0 Å². The molecule has 5 unspecified atom stereocenters. The zero-order valence-corrected chi connectivity index (χ0v) is 61.0. The van der Waals surface area contributed by atoms with Crippen molar-refractivity contribution in [2.24, 2.45) is 84.8 Å². The number of carbonyl (C=O) groups is 7. The van der Waals surface area contributed by atoms with Gasteiger partial charge in [0.15, 0.2) is 5.84 Å². The van der Waals surface area contributed by atoms with Gasteiger partial charge in [0.2, 0.25) is 5.91 Å². The van der Waals surface area contributed by atoms with Gasteiger partial charge in [-0.15, -0.1) is 0 Å². The second kappa shape index (κ2) is 31.3. The Morgan fingerprint density at radius 1 is 0.670 bits per heavy atom. The SMILES string of the molecule is C=C(C)C(=O)OCCCC(CC)(CC)C(=O)Cc1[nH]c(/C=C2\N=C(N(C)C(=O)C(CC)(CC)CCCCC(CC(=O)O)C(=O)O)C(C(=O)OC3C(C(C)(C)C)CC(C)CC3C(C)(C)C)=C2C(C)C)c(C(C)C)c1C(=O)OC1C(C(C)(C)C)CC(C)CC1C(C)(C)C. The summed E-state index contributed by atoms with van der Waals surface area (Å²) in [6.45, 7) is 52.5. The second-order valence-corrected chi connectivity index (χ2v) is 33.0.